The van der Waals surface area contributed by atoms with E-state index in [1.807, 2.05) is 46.9 Å². The molecule has 0 spiro atoms. The lowest BCUT2D eigenvalue weighted by Gasteiger charge is -2.27. The van der Waals surface area contributed by atoms with Crippen molar-refractivity contribution < 1.29 is 14.3 Å². The van der Waals surface area contributed by atoms with E-state index >= 15 is 0 Å². The van der Waals surface area contributed by atoms with Crippen LogP contribution in [0.15, 0.2) is 18.3 Å². The minimum absolute atomic E-state index is 0.0400. The molecule has 1 saturated heterocycles. The van der Waals surface area contributed by atoms with E-state index in [9.17, 15) is 9.59 Å². The number of nitrogens with zero attached hydrogens (tertiary/aromatic N) is 3. The minimum Gasteiger partial charge on any atom is -0.444 e. The number of piperidine rings is 1. The second-order valence-corrected chi connectivity index (χ2v) is 11.0. The molecule has 7 nitrogen and oxygen atoms in total. The second-order valence-electron chi connectivity index (χ2n) is 9.99. The van der Waals surface area contributed by atoms with Crippen LogP contribution in [-0.4, -0.2) is 45.0 Å². The summed E-state index contributed by atoms with van der Waals surface area (Å²) >= 11 is 2.25. The number of rotatable bonds is 3. The molecule has 1 unspecified atom stereocenters. The standard InChI is InChI=1S/C22H29IN4O3/c1-12-8-7-9-27-16(12)17(23)24-19(27)22(5,6)25-18(28)15-13-10-26(11-14(13)15)20(29)30-21(2,3)4/h7-9,13-15H,10-11H2,1-6H3,(H,25,28)/t13-,14+,15?. The van der Waals surface area contributed by atoms with Crippen molar-refractivity contribution in [1.82, 2.24) is 19.6 Å². The molecule has 2 fully saturated rings. The highest BCUT2D eigenvalue weighted by Gasteiger charge is 2.61. The fraction of sp³-hybridized carbons (Fsp3) is 0.591. The molecule has 4 rings (SSSR count). The van der Waals surface area contributed by atoms with Gasteiger partial charge in [0.15, 0.2) is 0 Å². The molecule has 1 saturated carbocycles. The third-order valence-electron chi connectivity index (χ3n) is 5.97. The monoisotopic (exact) mass is 524 g/mol. The van der Waals surface area contributed by atoms with Crippen LogP contribution in [0.25, 0.3) is 5.52 Å². The van der Waals surface area contributed by atoms with Gasteiger partial charge in [-0.2, -0.15) is 0 Å². The highest BCUT2D eigenvalue weighted by atomic mass is 127. The third-order valence-corrected chi connectivity index (χ3v) is 6.72. The van der Waals surface area contributed by atoms with Gasteiger partial charge in [0.05, 0.1) is 11.1 Å². The lowest BCUT2D eigenvalue weighted by molar-refractivity contribution is -0.125. The molecule has 0 aromatic carbocycles. The zero-order valence-electron chi connectivity index (χ0n) is 18.3. The first-order valence-electron chi connectivity index (χ1n) is 10.3. The van der Waals surface area contributed by atoms with Gasteiger partial charge in [-0.25, -0.2) is 9.78 Å². The summed E-state index contributed by atoms with van der Waals surface area (Å²) in [5.41, 5.74) is 1.11. The van der Waals surface area contributed by atoms with Crippen molar-refractivity contribution in [3.05, 3.63) is 33.4 Å². The van der Waals surface area contributed by atoms with Gasteiger partial charge in [-0.3, -0.25) is 4.79 Å². The van der Waals surface area contributed by atoms with Gasteiger partial charge in [-0.15, -0.1) is 0 Å². The number of imidazole rings is 1. The summed E-state index contributed by atoms with van der Waals surface area (Å²) in [6.07, 6.45) is 1.70. The zero-order chi connectivity index (χ0) is 22.0. The number of hydrogen-bond acceptors (Lipinski definition) is 4. The van der Waals surface area contributed by atoms with Crippen LogP contribution in [0.5, 0.6) is 0 Å². The smallest absolute Gasteiger partial charge is 0.410 e. The number of carbonyl (C=O) groups is 2. The number of likely N-dealkylation sites (tertiary alicyclic amines) is 1. The second kappa shape index (κ2) is 7.10. The summed E-state index contributed by atoms with van der Waals surface area (Å²) in [6.45, 7) is 12.8. The van der Waals surface area contributed by atoms with Crippen molar-refractivity contribution in [1.29, 1.82) is 0 Å². The van der Waals surface area contributed by atoms with Crippen molar-refractivity contribution in [2.45, 2.75) is 52.7 Å². The normalized spacial score (nSPS) is 23.4. The Morgan fingerprint density at radius 2 is 1.83 bits per heavy atom. The Morgan fingerprint density at radius 3 is 2.43 bits per heavy atom. The lowest BCUT2D eigenvalue weighted by Crippen LogP contribution is -2.45. The van der Waals surface area contributed by atoms with Crippen molar-refractivity contribution in [3.63, 3.8) is 0 Å². The predicted octanol–water partition coefficient (Wildman–Crippen LogP) is 3.71. The molecular formula is C22H29IN4O3. The number of carbonyl (C=O) groups excluding carboxylic acids is 2. The van der Waals surface area contributed by atoms with Crippen LogP contribution >= 0.6 is 22.6 Å². The van der Waals surface area contributed by atoms with E-state index in [2.05, 4.69) is 45.3 Å². The molecule has 2 aliphatic rings. The highest BCUT2D eigenvalue weighted by Crippen LogP contribution is 2.52. The fourth-order valence-corrected chi connectivity index (χ4v) is 5.45. The van der Waals surface area contributed by atoms with Gasteiger partial charge in [0.1, 0.15) is 15.1 Å². The molecule has 0 radical (unpaired) electrons. The number of amides is 2. The van der Waals surface area contributed by atoms with Crippen molar-refractivity contribution >= 4 is 40.1 Å². The molecule has 3 atom stereocenters. The Balaban J connectivity index is 1.43. The molecule has 1 aliphatic heterocycles. The predicted molar refractivity (Wildman–Crippen MR) is 122 cm³/mol. The number of hydrogen-bond donors (Lipinski definition) is 1. The average Bonchev–Trinajstić information content (AvgIpc) is 2.95. The molecule has 2 aromatic rings. The van der Waals surface area contributed by atoms with E-state index in [0.29, 0.717) is 13.1 Å². The molecule has 3 heterocycles. The molecule has 162 valence electrons. The number of aryl methyl sites for hydroxylation is 1. The number of fused-ring (bicyclic) bond motifs is 2. The Kier molecular flexibility index (Phi) is 5.06. The SMILES string of the molecule is Cc1cccn2c(C(C)(C)NC(=O)C3[C@H]4CN(C(=O)OC(C)(C)C)C[C@@H]34)nc(I)c12. The van der Waals surface area contributed by atoms with E-state index < -0.39 is 11.1 Å². The third kappa shape index (κ3) is 3.78. The van der Waals surface area contributed by atoms with Gasteiger partial charge in [-0.05, 0) is 87.6 Å². The van der Waals surface area contributed by atoms with Crippen LogP contribution in [0.2, 0.25) is 0 Å². The van der Waals surface area contributed by atoms with Crippen LogP contribution in [0.4, 0.5) is 4.79 Å². The van der Waals surface area contributed by atoms with Gasteiger partial charge in [0.25, 0.3) is 0 Å². The first-order valence-corrected chi connectivity index (χ1v) is 11.4. The summed E-state index contributed by atoms with van der Waals surface area (Å²) in [5.74, 6) is 1.24. The zero-order valence-corrected chi connectivity index (χ0v) is 20.5. The molecule has 1 N–H and O–H groups in total. The Morgan fingerprint density at radius 1 is 1.20 bits per heavy atom. The maximum absolute atomic E-state index is 13.0. The number of ether oxygens (including phenoxy) is 1. The Hall–Kier alpha value is -1.84. The summed E-state index contributed by atoms with van der Waals surface area (Å²) in [5, 5.41) is 3.21. The van der Waals surface area contributed by atoms with Gasteiger partial charge in [0, 0.05) is 25.2 Å². The molecular weight excluding hydrogens is 495 g/mol. The Labute approximate surface area is 190 Å². The van der Waals surface area contributed by atoms with Crippen LogP contribution in [0.3, 0.4) is 0 Å². The van der Waals surface area contributed by atoms with E-state index in [1.165, 1.54) is 0 Å². The van der Waals surface area contributed by atoms with Crippen LogP contribution in [-0.2, 0) is 15.1 Å². The van der Waals surface area contributed by atoms with Crippen LogP contribution in [0.1, 0.15) is 46.0 Å². The minimum atomic E-state index is -0.612. The summed E-state index contributed by atoms with van der Waals surface area (Å²) in [7, 11) is 0. The van der Waals surface area contributed by atoms with Crippen molar-refractivity contribution in [2.24, 2.45) is 17.8 Å². The van der Waals surface area contributed by atoms with E-state index in [1.54, 1.807) is 4.90 Å². The molecule has 2 amide bonds. The fourth-order valence-electron chi connectivity index (χ4n) is 4.53. The van der Waals surface area contributed by atoms with E-state index in [-0.39, 0.29) is 29.8 Å². The first-order chi connectivity index (χ1) is 13.9. The molecule has 30 heavy (non-hydrogen) atoms. The van der Waals surface area contributed by atoms with E-state index in [4.69, 9.17) is 9.72 Å². The average molecular weight is 524 g/mol. The maximum atomic E-state index is 13.0. The number of nitrogens with one attached hydrogen (secondary N) is 1. The Bertz CT molecular complexity index is 1010. The number of aromatic nitrogens is 2. The summed E-state index contributed by atoms with van der Waals surface area (Å²) < 4.78 is 8.45. The summed E-state index contributed by atoms with van der Waals surface area (Å²) in [6, 6.07) is 4.06. The molecule has 2 aromatic heterocycles. The largest absolute Gasteiger partial charge is 0.444 e. The van der Waals surface area contributed by atoms with Crippen molar-refractivity contribution in [2.75, 3.05) is 13.1 Å². The lowest BCUT2D eigenvalue weighted by atomic mass is 10.0. The van der Waals surface area contributed by atoms with Crippen LogP contribution in [0, 0.1) is 28.4 Å². The van der Waals surface area contributed by atoms with Crippen molar-refractivity contribution in [3.8, 4) is 0 Å². The van der Waals surface area contributed by atoms with E-state index in [0.717, 1.165) is 20.6 Å². The maximum Gasteiger partial charge on any atom is 0.410 e. The summed E-state index contributed by atoms with van der Waals surface area (Å²) in [4.78, 5) is 31.8. The van der Waals surface area contributed by atoms with Gasteiger partial charge in [-0.1, -0.05) is 6.07 Å². The highest BCUT2D eigenvalue weighted by molar-refractivity contribution is 14.1. The van der Waals surface area contributed by atoms with Crippen LogP contribution < -0.4 is 5.32 Å². The topological polar surface area (TPSA) is 75.9 Å². The van der Waals surface area contributed by atoms with Gasteiger partial charge in [0.2, 0.25) is 5.91 Å². The molecule has 1 aliphatic carbocycles. The molecule has 0 bridgehead atoms. The number of pyridine rings is 1. The van der Waals surface area contributed by atoms with Gasteiger partial charge >= 0.3 is 6.09 Å². The quantitative estimate of drug-likeness (QED) is 0.622. The first kappa shape index (κ1) is 21.4. The number of halogens is 1. The van der Waals surface area contributed by atoms with Gasteiger partial charge < -0.3 is 19.4 Å². The molecule has 8 heteroatoms.